The van der Waals surface area contributed by atoms with E-state index in [2.05, 4.69) is 24.3 Å². The highest BCUT2D eigenvalue weighted by Gasteiger charge is 2.54. The highest BCUT2D eigenvalue weighted by molar-refractivity contribution is 5.76. The predicted octanol–water partition coefficient (Wildman–Crippen LogP) is 6.09. The maximum absolute atomic E-state index is 12.2. The van der Waals surface area contributed by atoms with Gasteiger partial charge in [0.25, 0.3) is 0 Å². The normalized spacial score (nSPS) is 51.9. The minimum atomic E-state index is -0.949. The van der Waals surface area contributed by atoms with Gasteiger partial charge < -0.3 is 10.2 Å². The zero-order valence-corrected chi connectivity index (χ0v) is 19.6. The summed E-state index contributed by atoms with van der Waals surface area (Å²) < 4.78 is 0. The molecule has 0 aromatic rings. The Morgan fingerprint density at radius 3 is 2.22 bits per heavy atom. The second-order valence-electron chi connectivity index (χ2n) is 12.5. The van der Waals surface area contributed by atoms with Crippen molar-refractivity contribution in [3.8, 4) is 0 Å². The van der Waals surface area contributed by atoms with Crippen LogP contribution in [0.2, 0.25) is 0 Å². The number of aliphatic hydroxyl groups is 1. The summed E-state index contributed by atoms with van der Waals surface area (Å²) in [5.74, 6) is 7.08. The fourth-order valence-corrected chi connectivity index (χ4v) is 10.3. The molecule has 0 bridgehead atoms. The molecule has 176 valence electrons. The van der Waals surface area contributed by atoms with Gasteiger partial charge in [-0.25, -0.2) is 0 Å². The Morgan fingerprint density at radius 1 is 0.781 bits per heavy atom. The zero-order chi connectivity index (χ0) is 21.9. The van der Waals surface area contributed by atoms with Gasteiger partial charge in [-0.3, -0.25) is 4.79 Å². The van der Waals surface area contributed by atoms with Crippen molar-refractivity contribution in [3.63, 3.8) is 0 Å². The minimum absolute atomic E-state index is 0.0123. The number of allylic oxidation sites excluding steroid dienone is 4. The van der Waals surface area contributed by atoms with Crippen LogP contribution < -0.4 is 0 Å². The molecule has 11 unspecified atom stereocenters. The summed E-state index contributed by atoms with van der Waals surface area (Å²) in [5, 5.41) is 20.2. The van der Waals surface area contributed by atoms with Crippen LogP contribution in [-0.2, 0) is 4.79 Å². The lowest BCUT2D eigenvalue weighted by atomic mass is 9.48. The molecular formula is C29H42O3. The number of carboxylic acids is 1. The van der Waals surface area contributed by atoms with Crippen molar-refractivity contribution in [2.75, 3.05) is 6.61 Å². The molecule has 0 aromatic heterocycles. The molecule has 32 heavy (non-hydrogen) atoms. The van der Waals surface area contributed by atoms with Crippen LogP contribution in [0.1, 0.15) is 77.0 Å². The van der Waals surface area contributed by atoms with Crippen molar-refractivity contribution in [1.82, 2.24) is 0 Å². The van der Waals surface area contributed by atoms with E-state index in [9.17, 15) is 15.0 Å². The summed E-state index contributed by atoms with van der Waals surface area (Å²) in [5.41, 5.74) is -0.949. The van der Waals surface area contributed by atoms with E-state index in [1.807, 2.05) is 0 Å². The van der Waals surface area contributed by atoms with Gasteiger partial charge in [-0.2, -0.15) is 0 Å². The van der Waals surface area contributed by atoms with Crippen molar-refractivity contribution in [1.29, 1.82) is 0 Å². The SMILES string of the molecule is O=C(O)C1(CO)CCC=CC1C1CCC2C(CCC3C2CCC2C4CC=CC4CCC23)C1. The van der Waals surface area contributed by atoms with Crippen LogP contribution in [0.25, 0.3) is 0 Å². The number of fused-ring (bicyclic) bond motifs is 7. The van der Waals surface area contributed by atoms with Crippen molar-refractivity contribution >= 4 is 5.97 Å². The van der Waals surface area contributed by atoms with Gasteiger partial charge in [0, 0.05) is 0 Å². The Morgan fingerprint density at radius 2 is 1.44 bits per heavy atom. The van der Waals surface area contributed by atoms with E-state index < -0.39 is 11.4 Å². The van der Waals surface area contributed by atoms with E-state index in [1.165, 1.54) is 57.8 Å². The standard InChI is InChI=1S/C29H42O3/c30-17-29(28(31)32)15-2-1-6-27(29)20-9-10-22-19(16-20)8-12-26-24(22)14-13-23-21-5-3-4-18(21)7-11-25(23)26/h1,3-4,6,18-27,30H,2,5,7-17H2,(H,31,32). The first-order valence-electron chi connectivity index (χ1n) is 13.8. The van der Waals surface area contributed by atoms with Crippen molar-refractivity contribution < 1.29 is 15.0 Å². The van der Waals surface area contributed by atoms with E-state index in [1.54, 1.807) is 0 Å². The first-order valence-corrected chi connectivity index (χ1v) is 13.8. The van der Waals surface area contributed by atoms with Gasteiger partial charge in [-0.1, -0.05) is 24.3 Å². The topological polar surface area (TPSA) is 57.5 Å². The molecule has 0 aromatic carbocycles. The van der Waals surface area contributed by atoms with E-state index in [-0.39, 0.29) is 12.5 Å². The van der Waals surface area contributed by atoms with Crippen LogP contribution in [-0.4, -0.2) is 22.8 Å². The van der Waals surface area contributed by atoms with Gasteiger partial charge in [0.05, 0.1) is 12.0 Å². The van der Waals surface area contributed by atoms with Gasteiger partial charge in [-0.05, 0) is 136 Å². The Bertz CT molecular complexity index is 785. The monoisotopic (exact) mass is 438 g/mol. The van der Waals surface area contributed by atoms with Crippen molar-refractivity contribution in [3.05, 3.63) is 24.3 Å². The maximum Gasteiger partial charge on any atom is 0.312 e. The summed E-state index contributed by atoms with van der Waals surface area (Å²) in [7, 11) is 0. The number of aliphatic carboxylic acids is 1. The molecule has 11 atom stereocenters. The summed E-state index contributed by atoms with van der Waals surface area (Å²) in [4.78, 5) is 12.2. The molecule has 0 aliphatic heterocycles. The van der Waals surface area contributed by atoms with Gasteiger partial charge in [-0.15, -0.1) is 0 Å². The van der Waals surface area contributed by atoms with E-state index >= 15 is 0 Å². The average Bonchev–Trinajstić information content (AvgIpc) is 3.32. The quantitative estimate of drug-likeness (QED) is 0.525. The smallest absolute Gasteiger partial charge is 0.312 e. The molecule has 4 fully saturated rings. The van der Waals surface area contributed by atoms with Crippen molar-refractivity contribution in [2.24, 2.45) is 64.6 Å². The second kappa shape index (κ2) is 8.29. The van der Waals surface area contributed by atoms with Crippen LogP contribution in [0.5, 0.6) is 0 Å². The van der Waals surface area contributed by atoms with E-state index in [4.69, 9.17) is 0 Å². The summed E-state index contributed by atoms with van der Waals surface area (Å²) in [6.07, 6.45) is 24.4. The molecule has 4 saturated carbocycles. The molecule has 3 nitrogen and oxygen atoms in total. The molecule has 0 spiro atoms. The number of carbonyl (C=O) groups is 1. The fraction of sp³-hybridized carbons (Fsp3) is 0.828. The third-order valence-corrected chi connectivity index (χ3v) is 11.7. The molecule has 0 amide bonds. The lowest BCUT2D eigenvalue weighted by Gasteiger charge is -2.57. The van der Waals surface area contributed by atoms with Crippen LogP contribution in [0.3, 0.4) is 0 Å². The molecule has 2 N–H and O–H groups in total. The van der Waals surface area contributed by atoms with Crippen LogP contribution >= 0.6 is 0 Å². The molecule has 3 heteroatoms. The van der Waals surface area contributed by atoms with Crippen LogP contribution in [0, 0.1) is 64.6 Å². The summed E-state index contributed by atoms with van der Waals surface area (Å²) in [6.45, 7) is -0.216. The highest BCUT2D eigenvalue weighted by atomic mass is 16.4. The largest absolute Gasteiger partial charge is 0.481 e. The third kappa shape index (κ3) is 3.20. The number of hydrogen-bond acceptors (Lipinski definition) is 2. The lowest BCUT2D eigenvalue weighted by Crippen LogP contribution is -2.51. The Kier molecular flexibility index (Phi) is 5.56. The highest BCUT2D eigenvalue weighted by Crippen LogP contribution is 2.61. The average molecular weight is 439 g/mol. The molecule has 0 heterocycles. The molecule has 6 aliphatic rings. The number of aliphatic hydroxyl groups excluding tert-OH is 1. The van der Waals surface area contributed by atoms with E-state index in [0.29, 0.717) is 12.3 Å². The van der Waals surface area contributed by atoms with Gasteiger partial charge in [0.2, 0.25) is 0 Å². The zero-order valence-electron chi connectivity index (χ0n) is 19.6. The molecule has 0 saturated heterocycles. The first kappa shape index (κ1) is 21.4. The minimum Gasteiger partial charge on any atom is -0.481 e. The summed E-state index contributed by atoms with van der Waals surface area (Å²) in [6, 6.07) is 0. The Hall–Kier alpha value is -1.09. The Balaban J connectivity index is 1.17. The predicted molar refractivity (Wildman–Crippen MR) is 126 cm³/mol. The van der Waals surface area contributed by atoms with Gasteiger partial charge >= 0.3 is 5.97 Å². The van der Waals surface area contributed by atoms with Crippen LogP contribution in [0.15, 0.2) is 24.3 Å². The molecular weight excluding hydrogens is 396 g/mol. The third-order valence-electron chi connectivity index (χ3n) is 11.7. The fourth-order valence-electron chi connectivity index (χ4n) is 10.3. The lowest BCUT2D eigenvalue weighted by molar-refractivity contribution is -0.158. The number of hydrogen-bond donors (Lipinski definition) is 2. The maximum atomic E-state index is 12.2. The van der Waals surface area contributed by atoms with Gasteiger partial charge in [0.1, 0.15) is 0 Å². The molecule has 0 radical (unpaired) electrons. The number of carboxylic acid groups (broad SMARTS) is 1. The van der Waals surface area contributed by atoms with Crippen molar-refractivity contribution in [2.45, 2.75) is 77.0 Å². The molecule has 6 aliphatic carbocycles. The number of rotatable bonds is 3. The first-order chi connectivity index (χ1) is 15.6. The summed E-state index contributed by atoms with van der Waals surface area (Å²) >= 11 is 0. The van der Waals surface area contributed by atoms with E-state index in [0.717, 1.165) is 60.2 Å². The second-order valence-corrected chi connectivity index (χ2v) is 12.5. The van der Waals surface area contributed by atoms with Gasteiger partial charge in [0.15, 0.2) is 0 Å². The van der Waals surface area contributed by atoms with Crippen LogP contribution in [0.4, 0.5) is 0 Å². The Labute approximate surface area is 193 Å². The molecule has 6 rings (SSSR count).